The van der Waals surface area contributed by atoms with Gasteiger partial charge >= 0.3 is 5.97 Å². The molecule has 0 atom stereocenters. The van der Waals surface area contributed by atoms with Gasteiger partial charge in [0.05, 0.1) is 12.0 Å². The van der Waals surface area contributed by atoms with Crippen molar-refractivity contribution in [2.75, 3.05) is 13.7 Å². The molecule has 18 heavy (non-hydrogen) atoms. The Morgan fingerprint density at radius 2 is 2.39 bits per heavy atom. The smallest absolute Gasteiger partial charge is 0.325 e. The number of aromatic nitrogens is 1. The van der Waals surface area contributed by atoms with Gasteiger partial charge in [0.25, 0.3) is 5.91 Å². The molecule has 2 rings (SSSR count). The largest absolute Gasteiger partial charge is 0.468 e. The van der Waals surface area contributed by atoms with E-state index in [1.807, 2.05) is 17.5 Å². The highest BCUT2D eigenvalue weighted by Gasteiger charge is 2.14. The van der Waals surface area contributed by atoms with E-state index in [9.17, 15) is 9.59 Å². The van der Waals surface area contributed by atoms with E-state index in [0.717, 1.165) is 4.88 Å². The molecule has 0 spiro atoms. The Kier molecular flexibility index (Phi) is 3.73. The van der Waals surface area contributed by atoms with Gasteiger partial charge in [-0.2, -0.15) is 0 Å². The number of rotatable bonds is 4. The fourth-order valence-corrected chi connectivity index (χ4v) is 1.91. The maximum absolute atomic E-state index is 11.6. The molecule has 2 heterocycles. The predicted molar refractivity (Wildman–Crippen MR) is 64.2 cm³/mol. The molecule has 0 saturated carbocycles. The lowest BCUT2D eigenvalue weighted by Crippen LogP contribution is -2.30. The lowest BCUT2D eigenvalue weighted by Gasteiger charge is -1.99. The van der Waals surface area contributed by atoms with E-state index in [-0.39, 0.29) is 12.2 Å². The molecule has 0 saturated heterocycles. The molecular formula is C11H10N2O4S. The number of esters is 1. The maximum atomic E-state index is 11.6. The van der Waals surface area contributed by atoms with Crippen molar-refractivity contribution in [2.24, 2.45) is 0 Å². The SMILES string of the molecule is COC(=O)CNC(=O)c1cc(-c2cccs2)on1. The second-order valence-corrected chi connectivity index (χ2v) is 4.26. The van der Waals surface area contributed by atoms with Crippen LogP contribution in [0.25, 0.3) is 10.6 Å². The zero-order valence-electron chi connectivity index (χ0n) is 9.50. The molecule has 7 heteroatoms. The number of carbonyl (C=O) groups excluding carboxylic acids is 2. The molecule has 2 aromatic heterocycles. The van der Waals surface area contributed by atoms with E-state index in [0.29, 0.717) is 5.76 Å². The van der Waals surface area contributed by atoms with Crippen molar-refractivity contribution in [2.45, 2.75) is 0 Å². The minimum atomic E-state index is -0.523. The highest BCUT2D eigenvalue weighted by molar-refractivity contribution is 7.13. The van der Waals surface area contributed by atoms with E-state index in [4.69, 9.17) is 4.52 Å². The van der Waals surface area contributed by atoms with Crippen molar-refractivity contribution >= 4 is 23.2 Å². The molecular weight excluding hydrogens is 256 g/mol. The Morgan fingerprint density at radius 1 is 1.56 bits per heavy atom. The second kappa shape index (κ2) is 5.46. The summed E-state index contributed by atoms with van der Waals surface area (Å²) < 4.78 is 9.45. The Hall–Kier alpha value is -2.15. The first-order valence-electron chi connectivity index (χ1n) is 5.06. The van der Waals surface area contributed by atoms with Crippen LogP contribution in [0.15, 0.2) is 28.1 Å². The molecule has 6 nitrogen and oxygen atoms in total. The van der Waals surface area contributed by atoms with Gasteiger partial charge in [-0.25, -0.2) is 0 Å². The normalized spacial score (nSPS) is 10.1. The molecule has 0 radical (unpaired) electrons. The van der Waals surface area contributed by atoms with Crippen LogP contribution < -0.4 is 5.32 Å². The number of ether oxygens (including phenoxy) is 1. The van der Waals surface area contributed by atoms with Gasteiger partial charge in [0.15, 0.2) is 11.5 Å². The number of hydrogen-bond acceptors (Lipinski definition) is 6. The molecule has 0 bridgehead atoms. The van der Waals surface area contributed by atoms with Gasteiger partial charge in [-0.3, -0.25) is 9.59 Å². The highest BCUT2D eigenvalue weighted by Crippen LogP contribution is 2.24. The third kappa shape index (κ3) is 2.75. The van der Waals surface area contributed by atoms with Crippen LogP contribution in [0.1, 0.15) is 10.5 Å². The standard InChI is InChI=1S/C11H10N2O4S/c1-16-10(14)6-12-11(15)7-5-8(17-13-7)9-3-2-4-18-9/h2-5H,6H2,1H3,(H,12,15). The Morgan fingerprint density at radius 3 is 3.06 bits per heavy atom. The monoisotopic (exact) mass is 266 g/mol. The fraction of sp³-hybridized carbons (Fsp3) is 0.182. The summed E-state index contributed by atoms with van der Waals surface area (Å²) in [6.45, 7) is -0.198. The van der Waals surface area contributed by atoms with Crippen molar-refractivity contribution in [3.05, 3.63) is 29.3 Å². The molecule has 1 N–H and O–H groups in total. The molecule has 0 aliphatic heterocycles. The summed E-state index contributed by atoms with van der Waals surface area (Å²) in [5.41, 5.74) is 0.127. The van der Waals surface area contributed by atoms with Crippen LogP contribution in [-0.4, -0.2) is 30.7 Å². The summed E-state index contributed by atoms with van der Waals surface area (Å²) in [4.78, 5) is 23.4. The van der Waals surface area contributed by atoms with E-state index in [1.165, 1.54) is 24.5 Å². The lowest BCUT2D eigenvalue weighted by molar-refractivity contribution is -0.139. The lowest BCUT2D eigenvalue weighted by atomic mass is 10.3. The first-order chi connectivity index (χ1) is 8.70. The average molecular weight is 266 g/mol. The molecule has 94 valence electrons. The topological polar surface area (TPSA) is 81.4 Å². The van der Waals surface area contributed by atoms with Crippen LogP contribution >= 0.6 is 11.3 Å². The van der Waals surface area contributed by atoms with Gasteiger partial charge < -0.3 is 14.6 Å². The van der Waals surface area contributed by atoms with Crippen LogP contribution in [-0.2, 0) is 9.53 Å². The van der Waals surface area contributed by atoms with Gasteiger partial charge in [0, 0.05) is 6.07 Å². The minimum Gasteiger partial charge on any atom is -0.468 e. The van der Waals surface area contributed by atoms with Crippen LogP contribution in [0.5, 0.6) is 0 Å². The average Bonchev–Trinajstić information content (AvgIpc) is 3.04. The van der Waals surface area contributed by atoms with E-state index < -0.39 is 11.9 Å². The quantitative estimate of drug-likeness (QED) is 0.844. The van der Waals surface area contributed by atoms with E-state index in [2.05, 4.69) is 15.2 Å². The third-order valence-corrected chi connectivity index (χ3v) is 3.01. The molecule has 0 aliphatic carbocycles. The molecule has 0 aromatic carbocycles. The summed E-state index contributed by atoms with van der Waals surface area (Å²) in [6, 6.07) is 5.26. The van der Waals surface area contributed by atoms with Crippen LogP contribution in [0.3, 0.4) is 0 Å². The van der Waals surface area contributed by atoms with Crippen LogP contribution in [0.4, 0.5) is 0 Å². The molecule has 0 fully saturated rings. The van der Waals surface area contributed by atoms with Crippen LogP contribution in [0.2, 0.25) is 0 Å². The number of thiophene rings is 1. The summed E-state index contributed by atoms with van der Waals surface area (Å²) in [5.74, 6) is -0.481. The van der Waals surface area contributed by atoms with Crippen molar-refractivity contribution in [3.63, 3.8) is 0 Å². The highest BCUT2D eigenvalue weighted by atomic mass is 32.1. The Balaban J connectivity index is 2.02. The Bertz CT molecular complexity index is 547. The number of amides is 1. The van der Waals surface area contributed by atoms with E-state index >= 15 is 0 Å². The zero-order chi connectivity index (χ0) is 13.0. The molecule has 0 aliphatic rings. The summed E-state index contributed by atoms with van der Waals surface area (Å²) in [7, 11) is 1.25. The van der Waals surface area contributed by atoms with Crippen molar-refractivity contribution < 1.29 is 18.8 Å². The Labute approximate surface area is 107 Å². The summed E-state index contributed by atoms with van der Waals surface area (Å²) >= 11 is 1.48. The van der Waals surface area contributed by atoms with Gasteiger partial charge in [-0.1, -0.05) is 11.2 Å². The van der Waals surface area contributed by atoms with Crippen molar-refractivity contribution in [1.29, 1.82) is 0 Å². The number of carbonyl (C=O) groups is 2. The summed E-state index contributed by atoms with van der Waals surface area (Å²) in [5, 5.41) is 7.92. The van der Waals surface area contributed by atoms with Gasteiger partial charge in [-0.15, -0.1) is 11.3 Å². The van der Waals surface area contributed by atoms with Crippen molar-refractivity contribution in [3.8, 4) is 10.6 Å². The van der Waals surface area contributed by atoms with Gasteiger partial charge in [0.2, 0.25) is 0 Å². The van der Waals surface area contributed by atoms with Gasteiger partial charge in [-0.05, 0) is 11.4 Å². The van der Waals surface area contributed by atoms with Crippen molar-refractivity contribution in [1.82, 2.24) is 10.5 Å². The predicted octanol–water partition coefficient (Wildman–Crippen LogP) is 1.31. The minimum absolute atomic E-state index is 0.127. The third-order valence-electron chi connectivity index (χ3n) is 2.13. The molecule has 2 aromatic rings. The number of hydrogen-bond donors (Lipinski definition) is 1. The summed E-state index contributed by atoms with van der Waals surface area (Å²) in [6.07, 6.45) is 0. The zero-order valence-corrected chi connectivity index (χ0v) is 10.3. The number of methoxy groups -OCH3 is 1. The molecule has 1 amide bonds. The first kappa shape index (κ1) is 12.3. The van der Waals surface area contributed by atoms with Crippen LogP contribution in [0, 0.1) is 0 Å². The number of nitrogens with one attached hydrogen (secondary N) is 1. The fourth-order valence-electron chi connectivity index (χ4n) is 1.23. The number of nitrogens with zero attached hydrogens (tertiary/aromatic N) is 1. The maximum Gasteiger partial charge on any atom is 0.325 e. The van der Waals surface area contributed by atoms with Gasteiger partial charge in [0.1, 0.15) is 6.54 Å². The first-order valence-corrected chi connectivity index (χ1v) is 5.94. The molecule has 0 unspecified atom stereocenters. The van der Waals surface area contributed by atoms with E-state index in [1.54, 1.807) is 0 Å². The second-order valence-electron chi connectivity index (χ2n) is 3.31.